The predicted octanol–water partition coefficient (Wildman–Crippen LogP) is 1.97. The molecule has 0 aliphatic heterocycles. The van der Waals surface area contributed by atoms with Gasteiger partial charge in [-0.1, -0.05) is 26.7 Å². The van der Waals surface area contributed by atoms with Crippen LogP contribution in [-0.2, 0) is 9.53 Å². The van der Waals surface area contributed by atoms with Crippen molar-refractivity contribution in [2.75, 3.05) is 6.61 Å². The van der Waals surface area contributed by atoms with Gasteiger partial charge in [0.2, 0.25) is 5.91 Å². The summed E-state index contributed by atoms with van der Waals surface area (Å²) in [5.41, 5.74) is 6.03. The molecule has 2 atom stereocenters. The molecule has 0 saturated heterocycles. The average Bonchev–Trinajstić information content (AvgIpc) is 2.74. The summed E-state index contributed by atoms with van der Waals surface area (Å²) in [5.74, 6) is 0.109. The molecule has 4 nitrogen and oxygen atoms in total. The Morgan fingerprint density at radius 3 is 2.53 bits per heavy atom. The molecule has 1 amide bonds. The standard InChI is InChI=1S/C15H28N2O2/c1-4-19-12-9-11(14(12,2)3)17-13(18)10-15(16)7-5-6-8-15/h11-12H,4-10,16H2,1-3H3,(H,17,18). The Morgan fingerprint density at radius 2 is 2.00 bits per heavy atom. The van der Waals surface area contributed by atoms with Crippen LogP contribution in [0.15, 0.2) is 0 Å². The van der Waals surface area contributed by atoms with E-state index in [1.165, 1.54) is 0 Å². The fraction of sp³-hybridized carbons (Fsp3) is 0.933. The van der Waals surface area contributed by atoms with Gasteiger partial charge in [-0.3, -0.25) is 4.79 Å². The summed E-state index contributed by atoms with van der Waals surface area (Å²) in [5, 5.41) is 3.15. The third-order valence-electron chi connectivity index (χ3n) is 4.99. The van der Waals surface area contributed by atoms with Crippen LogP contribution in [0.3, 0.4) is 0 Å². The smallest absolute Gasteiger partial charge is 0.222 e. The molecule has 0 bridgehead atoms. The van der Waals surface area contributed by atoms with Crippen molar-refractivity contribution >= 4 is 5.91 Å². The lowest BCUT2D eigenvalue weighted by Gasteiger charge is -2.51. The van der Waals surface area contributed by atoms with E-state index < -0.39 is 0 Å². The molecule has 3 N–H and O–H groups in total. The van der Waals surface area contributed by atoms with E-state index in [0.29, 0.717) is 6.42 Å². The minimum absolute atomic E-state index is 0.0309. The molecule has 2 unspecified atom stereocenters. The maximum Gasteiger partial charge on any atom is 0.222 e. The Labute approximate surface area is 116 Å². The van der Waals surface area contributed by atoms with Crippen molar-refractivity contribution in [1.29, 1.82) is 0 Å². The molecule has 0 heterocycles. The van der Waals surface area contributed by atoms with Gasteiger partial charge in [-0.25, -0.2) is 0 Å². The lowest BCUT2D eigenvalue weighted by Crippen LogP contribution is -2.62. The number of hydrogen-bond acceptors (Lipinski definition) is 3. The molecule has 19 heavy (non-hydrogen) atoms. The lowest BCUT2D eigenvalue weighted by molar-refractivity contribution is -0.137. The number of rotatable bonds is 5. The Bertz CT molecular complexity index is 335. The minimum Gasteiger partial charge on any atom is -0.378 e. The molecule has 4 heteroatoms. The molecular weight excluding hydrogens is 240 g/mol. The molecule has 0 radical (unpaired) electrons. The second-order valence-corrected chi connectivity index (χ2v) is 6.87. The summed E-state index contributed by atoms with van der Waals surface area (Å²) >= 11 is 0. The first-order valence-electron chi connectivity index (χ1n) is 7.57. The molecule has 2 fully saturated rings. The van der Waals surface area contributed by atoms with Gasteiger partial charge in [-0.15, -0.1) is 0 Å². The molecule has 0 spiro atoms. The third kappa shape index (κ3) is 3.11. The van der Waals surface area contributed by atoms with Gasteiger partial charge in [0.15, 0.2) is 0 Å². The Morgan fingerprint density at radius 1 is 1.37 bits per heavy atom. The summed E-state index contributed by atoms with van der Waals surface area (Å²) in [6.45, 7) is 7.08. The highest BCUT2D eigenvalue weighted by Crippen LogP contribution is 2.43. The van der Waals surface area contributed by atoms with Crippen LogP contribution in [0.2, 0.25) is 0 Å². The van der Waals surface area contributed by atoms with Crippen LogP contribution in [-0.4, -0.2) is 30.2 Å². The van der Waals surface area contributed by atoms with Crippen LogP contribution in [0.4, 0.5) is 0 Å². The first-order valence-corrected chi connectivity index (χ1v) is 7.57. The van der Waals surface area contributed by atoms with E-state index >= 15 is 0 Å². The van der Waals surface area contributed by atoms with Crippen molar-refractivity contribution in [3.05, 3.63) is 0 Å². The van der Waals surface area contributed by atoms with Crippen LogP contribution < -0.4 is 11.1 Å². The number of hydrogen-bond donors (Lipinski definition) is 2. The number of carbonyl (C=O) groups is 1. The van der Waals surface area contributed by atoms with Crippen molar-refractivity contribution in [1.82, 2.24) is 5.32 Å². The van der Waals surface area contributed by atoms with Crippen molar-refractivity contribution in [2.45, 2.75) is 77.0 Å². The quantitative estimate of drug-likeness (QED) is 0.801. The molecular formula is C15H28N2O2. The summed E-state index contributed by atoms with van der Waals surface area (Å²) in [6.07, 6.45) is 5.94. The first kappa shape index (κ1) is 14.8. The van der Waals surface area contributed by atoms with Gasteiger partial charge in [0.1, 0.15) is 0 Å². The van der Waals surface area contributed by atoms with Gasteiger partial charge in [0.05, 0.1) is 6.10 Å². The summed E-state index contributed by atoms with van der Waals surface area (Å²) in [7, 11) is 0. The van der Waals surface area contributed by atoms with Crippen LogP contribution in [0, 0.1) is 5.41 Å². The molecule has 2 aliphatic rings. The van der Waals surface area contributed by atoms with E-state index in [2.05, 4.69) is 19.2 Å². The van der Waals surface area contributed by atoms with Crippen LogP contribution in [0.25, 0.3) is 0 Å². The zero-order chi connectivity index (χ0) is 14.1. The van der Waals surface area contributed by atoms with Crippen LogP contribution >= 0.6 is 0 Å². The topological polar surface area (TPSA) is 64.3 Å². The van der Waals surface area contributed by atoms with Gasteiger partial charge in [0.25, 0.3) is 0 Å². The first-order chi connectivity index (χ1) is 8.87. The molecule has 2 saturated carbocycles. The van der Waals surface area contributed by atoms with Gasteiger partial charge in [-0.2, -0.15) is 0 Å². The monoisotopic (exact) mass is 268 g/mol. The van der Waals surface area contributed by atoms with Crippen LogP contribution in [0.1, 0.15) is 59.3 Å². The van der Waals surface area contributed by atoms with Gasteiger partial charge >= 0.3 is 0 Å². The fourth-order valence-electron chi connectivity index (χ4n) is 3.44. The zero-order valence-electron chi connectivity index (χ0n) is 12.5. The highest BCUT2D eigenvalue weighted by molar-refractivity contribution is 5.77. The molecule has 2 rings (SSSR count). The largest absolute Gasteiger partial charge is 0.378 e. The molecule has 0 aromatic carbocycles. The summed E-state index contributed by atoms with van der Waals surface area (Å²) in [4.78, 5) is 12.1. The highest BCUT2D eigenvalue weighted by Gasteiger charge is 2.49. The number of ether oxygens (including phenoxy) is 1. The molecule has 110 valence electrons. The maximum absolute atomic E-state index is 12.1. The zero-order valence-corrected chi connectivity index (χ0v) is 12.5. The van der Waals surface area contributed by atoms with Gasteiger partial charge in [-0.05, 0) is 26.2 Å². The fourth-order valence-corrected chi connectivity index (χ4v) is 3.44. The van der Waals surface area contributed by atoms with E-state index in [-0.39, 0.29) is 29.0 Å². The number of amides is 1. The Hall–Kier alpha value is -0.610. The normalized spacial score (nSPS) is 31.8. The number of nitrogens with one attached hydrogen (secondary N) is 1. The minimum atomic E-state index is -0.253. The van der Waals surface area contributed by atoms with Crippen molar-refractivity contribution in [2.24, 2.45) is 11.1 Å². The number of carbonyl (C=O) groups excluding carboxylic acids is 1. The number of nitrogens with two attached hydrogens (primary N) is 1. The second kappa shape index (κ2) is 5.41. The highest BCUT2D eigenvalue weighted by atomic mass is 16.5. The lowest BCUT2D eigenvalue weighted by atomic mass is 9.64. The summed E-state index contributed by atoms with van der Waals surface area (Å²) < 4.78 is 5.68. The van der Waals surface area contributed by atoms with E-state index in [1.807, 2.05) is 6.92 Å². The van der Waals surface area contributed by atoms with Gasteiger partial charge in [0, 0.05) is 30.0 Å². The second-order valence-electron chi connectivity index (χ2n) is 6.87. The maximum atomic E-state index is 12.1. The molecule has 0 aromatic rings. The average molecular weight is 268 g/mol. The van der Waals surface area contributed by atoms with Crippen molar-refractivity contribution in [3.63, 3.8) is 0 Å². The van der Waals surface area contributed by atoms with Crippen LogP contribution in [0.5, 0.6) is 0 Å². The van der Waals surface area contributed by atoms with E-state index in [1.54, 1.807) is 0 Å². The Kier molecular flexibility index (Phi) is 4.21. The van der Waals surface area contributed by atoms with E-state index in [9.17, 15) is 4.79 Å². The van der Waals surface area contributed by atoms with E-state index in [0.717, 1.165) is 38.7 Å². The van der Waals surface area contributed by atoms with Crippen molar-refractivity contribution in [3.8, 4) is 0 Å². The molecule has 0 aromatic heterocycles. The molecule has 2 aliphatic carbocycles. The predicted molar refractivity (Wildman–Crippen MR) is 75.7 cm³/mol. The van der Waals surface area contributed by atoms with E-state index in [4.69, 9.17) is 10.5 Å². The van der Waals surface area contributed by atoms with Gasteiger partial charge < -0.3 is 15.8 Å². The summed E-state index contributed by atoms with van der Waals surface area (Å²) in [6, 6.07) is 0.224. The van der Waals surface area contributed by atoms with Crippen molar-refractivity contribution < 1.29 is 9.53 Å². The Balaban J connectivity index is 1.80. The third-order valence-corrected chi connectivity index (χ3v) is 4.99. The SMILES string of the molecule is CCOC1CC(NC(=O)CC2(N)CCCC2)C1(C)C.